The van der Waals surface area contributed by atoms with Gasteiger partial charge in [0.2, 0.25) is 0 Å². The molecular weight excluding hydrogens is 210 g/mol. The Labute approximate surface area is 102 Å². The molecule has 1 unspecified atom stereocenters. The van der Waals surface area contributed by atoms with Gasteiger partial charge in [0.1, 0.15) is 5.69 Å². The fourth-order valence-electron chi connectivity index (χ4n) is 1.75. The Hall–Kier alpha value is -1.77. The molecule has 0 radical (unpaired) electrons. The summed E-state index contributed by atoms with van der Waals surface area (Å²) in [6, 6.07) is 8.68. The number of nitrogens with two attached hydrogens (primary N) is 1. The highest BCUT2D eigenvalue weighted by Crippen LogP contribution is 2.26. The van der Waals surface area contributed by atoms with Gasteiger partial charge in [0.05, 0.1) is 5.69 Å². The quantitative estimate of drug-likeness (QED) is 0.876. The zero-order valence-electron chi connectivity index (χ0n) is 10.6. The van der Waals surface area contributed by atoms with Crippen molar-refractivity contribution >= 4 is 5.69 Å². The first kappa shape index (κ1) is 11.7. The van der Waals surface area contributed by atoms with Crippen molar-refractivity contribution in [2.24, 2.45) is 0 Å². The number of rotatable bonds is 3. The molecule has 2 aromatic rings. The van der Waals surface area contributed by atoms with Gasteiger partial charge in [-0.25, -0.2) is 0 Å². The lowest BCUT2D eigenvalue weighted by Crippen LogP contribution is -2.04. The smallest absolute Gasteiger partial charge is 0.115 e. The highest BCUT2D eigenvalue weighted by Gasteiger charge is 2.11. The largest absolute Gasteiger partial charge is 0.396 e. The molecular formula is C14H19N3. The minimum absolute atomic E-state index is 0.386. The van der Waals surface area contributed by atoms with Crippen LogP contribution in [-0.2, 0) is 0 Å². The van der Waals surface area contributed by atoms with E-state index in [4.69, 9.17) is 5.73 Å². The van der Waals surface area contributed by atoms with Crippen LogP contribution < -0.4 is 5.73 Å². The Morgan fingerprint density at radius 1 is 1.29 bits per heavy atom. The van der Waals surface area contributed by atoms with Crippen LogP contribution in [0.25, 0.3) is 11.3 Å². The van der Waals surface area contributed by atoms with Crippen molar-refractivity contribution in [2.75, 3.05) is 5.73 Å². The molecule has 1 atom stereocenters. The summed E-state index contributed by atoms with van der Waals surface area (Å²) in [7, 11) is 0. The fraction of sp³-hybridized carbons (Fsp3) is 0.357. The molecule has 17 heavy (non-hydrogen) atoms. The number of hydrogen-bond acceptors (Lipinski definition) is 2. The lowest BCUT2D eigenvalue weighted by atomic mass is 10.1. The van der Waals surface area contributed by atoms with E-state index in [0.29, 0.717) is 6.04 Å². The van der Waals surface area contributed by atoms with Crippen LogP contribution in [-0.4, -0.2) is 9.78 Å². The van der Waals surface area contributed by atoms with Crippen LogP contribution >= 0.6 is 0 Å². The Bertz CT molecular complexity index is 497. The van der Waals surface area contributed by atoms with Crippen LogP contribution in [0.3, 0.4) is 0 Å². The van der Waals surface area contributed by atoms with Crippen molar-refractivity contribution in [1.82, 2.24) is 9.78 Å². The summed E-state index contributed by atoms with van der Waals surface area (Å²) in [6.45, 7) is 6.37. The first-order chi connectivity index (χ1) is 8.11. The van der Waals surface area contributed by atoms with Crippen molar-refractivity contribution in [2.45, 2.75) is 33.2 Å². The van der Waals surface area contributed by atoms with E-state index in [9.17, 15) is 0 Å². The summed E-state index contributed by atoms with van der Waals surface area (Å²) < 4.78 is 1.95. The summed E-state index contributed by atoms with van der Waals surface area (Å²) in [6.07, 6.45) is 2.97. The molecule has 0 aliphatic heterocycles. The van der Waals surface area contributed by atoms with E-state index in [0.717, 1.165) is 23.4 Å². The van der Waals surface area contributed by atoms with Gasteiger partial charge in [-0.15, -0.1) is 0 Å². The molecule has 1 heterocycles. The van der Waals surface area contributed by atoms with E-state index in [1.807, 2.05) is 10.9 Å². The van der Waals surface area contributed by atoms with E-state index in [-0.39, 0.29) is 0 Å². The number of aromatic nitrogens is 2. The summed E-state index contributed by atoms with van der Waals surface area (Å²) in [5, 5.41) is 4.57. The van der Waals surface area contributed by atoms with Crippen LogP contribution in [0.5, 0.6) is 0 Å². The molecule has 0 fully saturated rings. The monoisotopic (exact) mass is 229 g/mol. The second-order valence-corrected chi connectivity index (χ2v) is 4.54. The highest BCUT2D eigenvalue weighted by molar-refractivity contribution is 5.72. The first-order valence-corrected chi connectivity index (χ1v) is 6.03. The molecule has 1 aromatic heterocycles. The number of anilines is 1. The van der Waals surface area contributed by atoms with Crippen molar-refractivity contribution in [3.05, 3.63) is 36.0 Å². The predicted octanol–water partition coefficient (Wildman–Crippen LogP) is 3.41. The summed E-state index contributed by atoms with van der Waals surface area (Å²) in [4.78, 5) is 0. The maximum Gasteiger partial charge on any atom is 0.115 e. The summed E-state index contributed by atoms with van der Waals surface area (Å²) in [5.41, 5.74) is 9.97. The molecule has 0 aliphatic rings. The number of nitrogens with zero attached hydrogens (tertiary/aromatic N) is 2. The predicted molar refractivity (Wildman–Crippen MR) is 71.8 cm³/mol. The van der Waals surface area contributed by atoms with Gasteiger partial charge in [-0.1, -0.05) is 36.8 Å². The van der Waals surface area contributed by atoms with E-state index in [1.54, 1.807) is 0 Å². The molecule has 1 aromatic carbocycles. The highest BCUT2D eigenvalue weighted by atomic mass is 15.3. The fourth-order valence-corrected chi connectivity index (χ4v) is 1.75. The summed E-state index contributed by atoms with van der Waals surface area (Å²) in [5.74, 6) is 0. The Kier molecular flexibility index (Phi) is 3.18. The van der Waals surface area contributed by atoms with Crippen molar-refractivity contribution in [3.8, 4) is 11.3 Å². The molecule has 0 saturated carbocycles. The van der Waals surface area contributed by atoms with Gasteiger partial charge in [-0.3, -0.25) is 4.68 Å². The van der Waals surface area contributed by atoms with Crippen molar-refractivity contribution in [1.29, 1.82) is 0 Å². The van der Waals surface area contributed by atoms with Gasteiger partial charge in [0, 0.05) is 17.8 Å². The number of benzene rings is 1. The minimum Gasteiger partial charge on any atom is -0.396 e. The van der Waals surface area contributed by atoms with Crippen molar-refractivity contribution in [3.63, 3.8) is 0 Å². The molecule has 0 aliphatic carbocycles. The molecule has 0 saturated heterocycles. The van der Waals surface area contributed by atoms with E-state index < -0.39 is 0 Å². The SMILES string of the molecule is CCC(C)n1cc(N)c(-c2ccc(C)cc2)n1. The third-order valence-electron chi connectivity index (χ3n) is 3.13. The van der Waals surface area contributed by atoms with Gasteiger partial charge in [-0.05, 0) is 20.3 Å². The maximum atomic E-state index is 6.02. The topological polar surface area (TPSA) is 43.8 Å². The van der Waals surface area contributed by atoms with Gasteiger partial charge < -0.3 is 5.73 Å². The molecule has 90 valence electrons. The molecule has 3 nitrogen and oxygen atoms in total. The lowest BCUT2D eigenvalue weighted by Gasteiger charge is -2.07. The van der Waals surface area contributed by atoms with Crippen LogP contribution in [0.15, 0.2) is 30.5 Å². The molecule has 0 amide bonds. The second kappa shape index (κ2) is 4.62. The van der Waals surface area contributed by atoms with E-state index >= 15 is 0 Å². The second-order valence-electron chi connectivity index (χ2n) is 4.54. The third kappa shape index (κ3) is 2.33. The van der Waals surface area contributed by atoms with Crippen LogP contribution in [0, 0.1) is 6.92 Å². The molecule has 2 N–H and O–H groups in total. The van der Waals surface area contributed by atoms with Crippen LogP contribution in [0.2, 0.25) is 0 Å². The number of hydrogen-bond donors (Lipinski definition) is 1. The average molecular weight is 229 g/mol. The summed E-state index contributed by atoms with van der Waals surface area (Å²) >= 11 is 0. The average Bonchev–Trinajstić information content (AvgIpc) is 2.71. The zero-order valence-corrected chi connectivity index (χ0v) is 10.6. The van der Waals surface area contributed by atoms with E-state index in [1.165, 1.54) is 5.56 Å². The number of aryl methyl sites for hydroxylation is 1. The first-order valence-electron chi connectivity index (χ1n) is 6.03. The molecule has 3 heteroatoms. The van der Waals surface area contributed by atoms with Crippen LogP contribution in [0.1, 0.15) is 31.9 Å². The third-order valence-corrected chi connectivity index (χ3v) is 3.13. The van der Waals surface area contributed by atoms with Gasteiger partial charge in [-0.2, -0.15) is 5.10 Å². The zero-order chi connectivity index (χ0) is 12.4. The van der Waals surface area contributed by atoms with Gasteiger partial charge in [0.25, 0.3) is 0 Å². The van der Waals surface area contributed by atoms with E-state index in [2.05, 4.69) is 50.1 Å². The normalized spacial score (nSPS) is 12.6. The molecule has 0 bridgehead atoms. The van der Waals surface area contributed by atoms with Crippen LogP contribution in [0.4, 0.5) is 5.69 Å². The minimum atomic E-state index is 0.386. The molecule has 0 spiro atoms. The molecule has 2 rings (SSSR count). The van der Waals surface area contributed by atoms with Gasteiger partial charge in [0.15, 0.2) is 0 Å². The van der Waals surface area contributed by atoms with Crippen molar-refractivity contribution < 1.29 is 0 Å². The Balaban J connectivity index is 2.39. The van der Waals surface area contributed by atoms with Gasteiger partial charge >= 0.3 is 0 Å². The lowest BCUT2D eigenvalue weighted by molar-refractivity contribution is 0.479. The standard InChI is InChI=1S/C14H19N3/c1-4-11(3)17-9-13(15)14(16-17)12-7-5-10(2)6-8-12/h5-9,11H,4,15H2,1-3H3. The number of nitrogen functional groups attached to an aromatic ring is 1. The Morgan fingerprint density at radius 3 is 2.53 bits per heavy atom. The Morgan fingerprint density at radius 2 is 1.94 bits per heavy atom. The maximum absolute atomic E-state index is 6.02.